The van der Waals surface area contributed by atoms with Gasteiger partial charge in [-0.2, -0.15) is 0 Å². The van der Waals surface area contributed by atoms with E-state index in [2.05, 4.69) is 5.32 Å². The topological polar surface area (TPSA) is 71.4 Å². The third-order valence-corrected chi connectivity index (χ3v) is 4.14. The Morgan fingerprint density at radius 2 is 1.84 bits per heavy atom. The fourth-order valence-electron chi connectivity index (χ4n) is 2.85. The number of carbonyl (C=O) groups excluding carboxylic acids is 3. The maximum absolute atomic E-state index is 13.5. The van der Waals surface area contributed by atoms with Crippen LogP contribution in [0.2, 0.25) is 0 Å². The van der Waals surface area contributed by atoms with Crippen LogP contribution in [-0.4, -0.2) is 34.4 Å². The highest BCUT2D eigenvalue weighted by Gasteiger charge is 2.33. The Kier molecular flexibility index (Phi) is 4.00. The van der Waals surface area contributed by atoms with E-state index < -0.39 is 17.8 Å². The Hall–Kier alpha value is -3.22. The van der Waals surface area contributed by atoms with Crippen molar-refractivity contribution in [2.75, 3.05) is 7.05 Å². The molecule has 3 rings (SSSR count). The molecule has 6 nitrogen and oxygen atoms in total. The van der Waals surface area contributed by atoms with Gasteiger partial charge >= 0.3 is 6.03 Å². The van der Waals surface area contributed by atoms with Gasteiger partial charge in [-0.25, -0.2) is 9.18 Å². The van der Waals surface area contributed by atoms with Gasteiger partial charge in [0.1, 0.15) is 11.4 Å². The van der Waals surface area contributed by atoms with Gasteiger partial charge in [0.05, 0.1) is 0 Å². The lowest BCUT2D eigenvalue weighted by Crippen LogP contribution is -2.52. The van der Waals surface area contributed by atoms with Crippen LogP contribution in [0.1, 0.15) is 17.0 Å². The van der Waals surface area contributed by atoms with Gasteiger partial charge in [-0.05, 0) is 49.8 Å². The Bertz CT molecular complexity index is 943. The molecule has 25 heavy (non-hydrogen) atoms. The van der Waals surface area contributed by atoms with Gasteiger partial charge in [-0.1, -0.05) is 6.07 Å². The number of imide groups is 2. The monoisotopic (exact) mass is 341 g/mol. The zero-order valence-corrected chi connectivity index (χ0v) is 14.0. The SMILES string of the molecule is Cc1cc(/C=C2\C(=O)NC(=O)N(C)C2=O)c(C)n1-c1cccc(F)c1. The number of urea groups is 1. The van der Waals surface area contributed by atoms with Crippen molar-refractivity contribution in [2.45, 2.75) is 13.8 Å². The van der Waals surface area contributed by atoms with Gasteiger partial charge in [-0.15, -0.1) is 0 Å². The third kappa shape index (κ3) is 2.84. The van der Waals surface area contributed by atoms with Crippen LogP contribution in [0.5, 0.6) is 0 Å². The molecule has 1 aromatic heterocycles. The molecule has 0 bridgehead atoms. The molecular weight excluding hydrogens is 325 g/mol. The zero-order chi connectivity index (χ0) is 18.3. The van der Waals surface area contributed by atoms with E-state index in [0.717, 1.165) is 16.3 Å². The number of barbiturate groups is 1. The van der Waals surface area contributed by atoms with E-state index >= 15 is 0 Å². The molecule has 2 aromatic rings. The summed E-state index contributed by atoms with van der Waals surface area (Å²) in [5.41, 5.74) is 2.73. The Labute approximate surface area is 143 Å². The van der Waals surface area contributed by atoms with Crippen molar-refractivity contribution < 1.29 is 18.8 Å². The maximum Gasteiger partial charge on any atom is 0.331 e. The minimum Gasteiger partial charge on any atom is -0.318 e. The van der Waals surface area contributed by atoms with Gasteiger partial charge in [0.15, 0.2) is 0 Å². The summed E-state index contributed by atoms with van der Waals surface area (Å²) in [7, 11) is 1.30. The molecule has 0 spiro atoms. The van der Waals surface area contributed by atoms with E-state index in [0.29, 0.717) is 11.3 Å². The number of benzene rings is 1. The number of nitrogens with zero attached hydrogens (tertiary/aromatic N) is 2. The second kappa shape index (κ2) is 6.01. The Morgan fingerprint density at radius 3 is 2.52 bits per heavy atom. The van der Waals surface area contributed by atoms with Crippen molar-refractivity contribution in [3.8, 4) is 5.69 Å². The van der Waals surface area contributed by atoms with E-state index in [4.69, 9.17) is 0 Å². The van der Waals surface area contributed by atoms with E-state index in [1.807, 2.05) is 18.4 Å². The van der Waals surface area contributed by atoms with Crippen molar-refractivity contribution in [1.29, 1.82) is 0 Å². The van der Waals surface area contributed by atoms with Crippen molar-refractivity contribution >= 4 is 23.9 Å². The molecule has 1 aliphatic rings. The Morgan fingerprint density at radius 1 is 1.12 bits per heavy atom. The predicted molar refractivity (Wildman–Crippen MR) is 89.5 cm³/mol. The van der Waals surface area contributed by atoms with Gasteiger partial charge in [0.2, 0.25) is 0 Å². The number of halogens is 1. The summed E-state index contributed by atoms with van der Waals surface area (Å²) in [6.07, 6.45) is 1.44. The number of aryl methyl sites for hydroxylation is 1. The molecular formula is C18H16FN3O3. The lowest BCUT2D eigenvalue weighted by molar-refractivity contribution is -0.129. The van der Waals surface area contributed by atoms with Crippen molar-refractivity contribution in [3.63, 3.8) is 0 Å². The minimum atomic E-state index is -0.752. The van der Waals surface area contributed by atoms with Crippen molar-refractivity contribution in [2.24, 2.45) is 0 Å². The average molecular weight is 341 g/mol. The van der Waals surface area contributed by atoms with Crippen LogP contribution in [-0.2, 0) is 9.59 Å². The highest BCUT2D eigenvalue weighted by atomic mass is 19.1. The van der Waals surface area contributed by atoms with E-state index in [-0.39, 0.29) is 11.4 Å². The highest BCUT2D eigenvalue weighted by molar-refractivity contribution is 6.30. The van der Waals surface area contributed by atoms with Crippen LogP contribution < -0.4 is 5.32 Å². The molecule has 1 saturated heterocycles. The molecule has 7 heteroatoms. The van der Waals surface area contributed by atoms with Gasteiger partial charge in [0.25, 0.3) is 11.8 Å². The van der Waals surface area contributed by atoms with Crippen molar-refractivity contribution in [1.82, 2.24) is 14.8 Å². The number of aromatic nitrogens is 1. The van der Waals surface area contributed by atoms with E-state index in [9.17, 15) is 18.8 Å². The summed E-state index contributed by atoms with van der Waals surface area (Å²) < 4.78 is 15.3. The molecule has 0 aliphatic carbocycles. The minimum absolute atomic E-state index is 0.124. The second-order valence-corrected chi connectivity index (χ2v) is 5.82. The van der Waals surface area contributed by atoms with E-state index in [1.54, 1.807) is 18.2 Å². The first-order valence-electron chi connectivity index (χ1n) is 7.59. The maximum atomic E-state index is 13.5. The zero-order valence-electron chi connectivity index (χ0n) is 14.0. The molecule has 128 valence electrons. The van der Waals surface area contributed by atoms with Gasteiger partial charge in [0, 0.05) is 24.1 Å². The van der Waals surface area contributed by atoms with Gasteiger partial charge < -0.3 is 4.57 Å². The average Bonchev–Trinajstić information content (AvgIpc) is 2.83. The molecule has 1 aromatic carbocycles. The summed E-state index contributed by atoms with van der Waals surface area (Å²) in [5, 5.41) is 2.11. The van der Waals surface area contributed by atoms with Crippen LogP contribution in [0.25, 0.3) is 11.8 Å². The molecule has 0 unspecified atom stereocenters. The second-order valence-electron chi connectivity index (χ2n) is 5.82. The summed E-state index contributed by atoms with van der Waals surface area (Å²) in [6, 6.07) is 7.19. The Balaban J connectivity index is 2.08. The lowest BCUT2D eigenvalue weighted by atomic mass is 10.1. The largest absolute Gasteiger partial charge is 0.331 e. The fourth-order valence-corrected chi connectivity index (χ4v) is 2.85. The number of hydrogen-bond donors (Lipinski definition) is 1. The van der Waals surface area contributed by atoms with Crippen LogP contribution in [0, 0.1) is 19.7 Å². The van der Waals surface area contributed by atoms with Crippen LogP contribution in [0.4, 0.5) is 9.18 Å². The predicted octanol–water partition coefficient (Wildman–Crippen LogP) is 2.32. The first-order valence-corrected chi connectivity index (χ1v) is 7.59. The summed E-state index contributed by atoms with van der Waals surface area (Å²) >= 11 is 0. The molecule has 4 amide bonds. The van der Waals surface area contributed by atoms with Crippen LogP contribution in [0.15, 0.2) is 35.9 Å². The van der Waals surface area contributed by atoms with E-state index in [1.165, 1.54) is 25.3 Å². The molecule has 1 aliphatic heterocycles. The van der Waals surface area contributed by atoms with Gasteiger partial charge in [-0.3, -0.25) is 19.8 Å². The number of rotatable bonds is 2. The standard InChI is InChI=1S/C18H16FN3O3/c1-10-7-12(8-15-16(23)20-18(25)21(3)17(15)24)11(2)22(10)14-6-4-5-13(19)9-14/h4-9H,1-3H3,(H,20,23,25)/b15-8+. The first-order chi connectivity index (χ1) is 11.8. The molecule has 2 heterocycles. The first kappa shape index (κ1) is 16.6. The molecule has 0 saturated carbocycles. The number of likely N-dealkylation sites (N-methyl/N-ethyl adjacent to an activating group) is 1. The highest BCUT2D eigenvalue weighted by Crippen LogP contribution is 2.24. The number of nitrogens with one attached hydrogen (secondary N) is 1. The summed E-state index contributed by atoms with van der Waals surface area (Å²) in [5.74, 6) is -1.75. The molecule has 1 N–H and O–H groups in total. The third-order valence-electron chi connectivity index (χ3n) is 4.14. The number of carbonyl (C=O) groups is 3. The lowest BCUT2D eigenvalue weighted by Gasteiger charge is -2.22. The number of amides is 4. The van der Waals surface area contributed by atoms with Crippen molar-refractivity contribution in [3.05, 3.63) is 58.7 Å². The summed E-state index contributed by atoms with van der Waals surface area (Å²) in [6.45, 7) is 3.66. The molecule has 0 atom stereocenters. The van der Waals surface area contributed by atoms with Crippen LogP contribution >= 0.6 is 0 Å². The summed E-state index contributed by atoms with van der Waals surface area (Å²) in [4.78, 5) is 36.5. The normalized spacial score (nSPS) is 16.6. The fraction of sp³-hybridized carbons (Fsp3) is 0.167. The molecule has 0 radical (unpaired) electrons. The number of hydrogen-bond acceptors (Lipinski definition) is 3. The quantitative estimate of drug-likeness (QED) is 0.673. The smallest absolute Gasteiger partial charge is 0.318 e. The van der Waals surface area contributed by atoms with Crippen LogP contribution in [0.3, 0.4) is 0 Å². The molecule has 1 fully saturated rings.